The first kappa shape index (κ1) is 19.7. The highest BCUT2D eigenvalue weighted by molar-refractivity contribution is 5.77. The summed E-state index contributed by atoms with van der Waals surface area (Å²) in [4.78, 5) is 23.1. The van der Waals surface area contributed by atoms with E-state index in [9.17, 15) is 4.79 Å². The number of hydrogen-bond acceptors (Lipinski definition) is 6. The molecule has 2 aliphatic heterocycles. The Hall–Kier alpha value is -3.20. The molecular formula is C22H27N7O2. The Morgan fingerprint density at radius 1 is 1.29 bits per heavy atom. The third kappa shape index (κ3) is 3.59. The van der Waals surface area contributed by atoms with Gasteiger partial charge in [-0.2, -0.15) is 5.10 Å². The lowest BCUT2D eigenvalue weighted by Crippen LogP contribution is -2.49. The average molecular weight is 422 g/mol. The van der Waals surface area contributed by atoms with Crippen molar-refractivity contribution in [2.45, 2.75) is 32.4 Å². The van der Waals surface area contributed by atoms with E-state index in [1.165, 1.54) is 5.56 Å². The summed E-state index contributed by atoms with van der Waals surface area (Å²) in [5.41, 5.74) is 3.05. The average Bonchev–Trinajstić information content (AvgIpc) is 3.34. The third-order valence-corrected chi connectivity index (χ3v) is 5.98. The molecule has 1 saturated heterocycles. The molecule has 31 heavy (non-hydrogen) atoms. The van der Waals surface area contributed by atoms with Crippen LogP contribution in [0.5, 0.6) is 5.75 Å². The van der Waals surface area contributed by atoms with E-state index in [-0.39, 0.29) is 11.9 Å². The van der Waals surface area contributed by atoms with Gasteiger partial charge in [-0.3, -0.25) is 9.69 Å². The number of nitrogens with zero attached hydrogens (tertiary/aromatic N) is 6. The molecule has 0 saturated carbocycles. The first-order valence-corrected chi connectivity index (χ1v) is 10.7. The highest BCUT2D eigenvalue weighted by Crippen LogP contribution is 2.37. The van der Waals surface area contributed by atoms with Gasteiger partial charge in [-0.15, -0.1) is 0 Å². The zero-order valence-electron chi connectivity index (χ0n) is 18.1. The number of benzene rings is 1. The number of hydrogen-bond donors (Lipinski definition) is 1. The molecule has 1 N–H and O–H groups in total. The SMILES string of the molecule is CNC(=O)CN1CC(c2ccc3c(c2)OCCn2cc(-c4ncnn4C(C)C)nc2-3)C1. The second kappa shape index (κ2) is 7.81. The number of ether oxygens (including phenoxy) is 1. The largest absolute Gasteiger partial charge is 0.491 e. The normalized spacial score (nSPS) is 16.3. The smallest absolute Gasteiger partial charge is 0.233 e. The minimum Gasteiger partial charge on any atom is -0.491 e. The van der Waals surface area contributed by atoms with E-state index < -0.39 is 0 Å². The molecule has 0 bridgehead atoms. The number of nitrogens with one attached hydrogen (secondary N) is 1. The Balaban J connectivity index is 1.41. The van der Waals surface area contributed by atoms with Gasteiger partial charge in [0.25, 0.3) is 0 Å². The van der Waals surface area contributed by atoms with Crippen molar-refractivity contribution < 1.29 is 9.53 Å². The molecular weight excluding hydrogens is 394 g/mol. The van der Waals surface area contributed by atoms with E-state index in [0.29, 0.717) is 19.1 Å². The molecule has 4 heterocycles. The third-order valence-electron chi connectivity index (χ3n) is 5.98. The molecule has 9 nitrogen and oxygen atoms in total. The zero-order chi connectivity index (χ0) is 21.5. The van der Waals surface area contributed by atoms with Gasteiger partial charge in [-0.05, 0) is 31.5 Å². The van der Waals surface area contributed by atoms with Crippen molar-refractivity contribution in [3.05, 3.63) is 36.3 Å². The summed E-state index contributed by atoms with van der Waals surface area (Å²) >= 11 is 0. The first-order chi connectivity index (χ1) is 15.0. The molecule has 3 aromatic rings. The number of carbonyl (C=O) groups is 1. The molecule has 9 heteroatoms. The monoisotopic (exact) mass is 421 g/mol. The van der Waals surface area contributed by atoms with Crippen LogP contribution in [0.25, 0.3) is 22.9 Å². The van der Waals surface area contributed by atoms with Crippen LogP contribution in [0.3, 0.4) is 0 Å². The molecule has 1 aromatic carbocycles. The summed E-state index contributed by atoms with van der Waals surface area (Å²) in [7, 11) is 1.67. The van der Waals surface area contributed by atoms with Gasteiger partial charge >= 0.3 is 0 Å². The van der Waals surface area contributed by atoms with Crippen molar-refractivity contribution >= 4 is 5.91 Å². The number of imidazole rings is 1. The molecule has 0 unspecified atom stereocenters. The lowest BCUT2D eigenvalue weighted by atomic mass is 9.90. The number of fused-ring (bicyclic) bond motifs is 3. The Morgan fingerprint density at radius 2 is 2.13 bits per heavy atom. The Bertz CT molecular complexity index is 1110. The Labute approximate surface area is 181 Å². The van der Waals surface area contributed by atoms with Gasteiger partial charge in [0.15, 0.2) is 5.82 Å². The second-order valence-corrected chi connectivity index (χ2v) is 8.43. The first-order valence-electron chi connectivity index (χ1n) is 10.7. The van der Waals surface area contributed by atoms with Gasteiger partial charge in [0.05, 0.1) is 18.7 Å². The summed E-state index contributed by atoms with van der Waals surface area (Å²) in [5.74, 6) is 3.01. The molecule has 162 valence electrons. The van der Waals surface area contributed by atoms with E-state index in [0.717, 1.165) is 48.3 Å². The van der Waals surface area contributed by atoms with Gasteiger partial charge in [0.2, 0.25) is 5.91 Å². The molecule has 0 radical (unpaired) electrons. The van der Waals surface area contributed by atoms with Crippen LogP contribution in [-0.4, -0.2) is 68.4 Å². The summed E-state index contributed by atoms with van der Waals surface area (Å²) < 4.78 is 10.1. The minimum absolute atomic E-state index is 0.0552. The number of likely N-dealkylation sites (tertiary alicyclic amines) is 1. The minimum atomic E-state index is 0.0552. The van der Waals surface area contributed by atoms with Crippen molar-refractivity contribution in [3.8, 4) is 28.7 Å². The van der Waals surface area contributed by atoms with Crippen LogP contribution >= 0.6 is 0 Å². The fourth-order valence-corrected chi connectivity index (χ4v) is 4.26. The summed E-state index contributed by atoms with van der Waals surface area (Å²) in [5, 5.41) is 7.02. The standard InChI is InChI=1S/C22H27N7O2/c1-14(2)29-22(24-13-25-29)18-11-28-6-7-31-19-8-15(4-5-17(19)21(28)26-18)16-9-27(10-16)12-20(30)23-3/h4-5,8,11,13-14,16H,6-7,9-10,12H2,1-3H3,(H,23,30). The lowest BCUT2D eigenvalue weighted by Gasteiger charge is -2.39. The predicted octanol–water partition coefficient (Wildman–Crippen LogP) is 1.93. The van der Waals surface area contributed by atoms with Crippen LogP contribution in [0.1, 0.15) is 31.4 Å². The van der Waals surface area contributed by atoms with Gasteiger partial charge in [0.1, 0.15) is 30.2 Å². The maximum atomic E-state index is 11.6. The number of likely N-dealkylation sites (N-methyl/N-ethyl adjacent to an activating group) is 1. The highest BCUT2D eigenvalue weighted by Gasteiger charge is 2.30. The molecule has 1 amide bonds. The van der Waals surface area contributed by atoms with Gasteiger partial charge < -0.3 is 14.6 Å². The Morgan fingerprint density at radius 3 is 2.90 bits per heavy atom. The molecule has 2 aromatic heterocycles. The number of amides is 1. The van der Waals surface area contributed by atoms with Crippen LogP contribution in [0.15, 0.2) is 30.7 Å². The van der Waals surface area contributed by atoms with Crippen LogP contribution in [0, 0.1) is 0 Å². The molecule has 0 atom stereocenters. The number of aromatic nitrogens is 5. The van der Waals surface area contributed by atoms with Gasteiger partial charge in [-0.25, -0.2) is 14.6 Å². The van der Waals surface area contributed by atoms with Gasteiger partial charge in [0, 0.05) is 38.3 Å². The fourth-order valence-electron chi connectivity index (χ4n) is 4.26. The summed E-state index contributed by atoms with van der Waals surface area (Å²) in [6.07, 6.45) is 3.61. The van der Waals surface area contributed by atoms with Crippen molar-refractivity contribution in [1.29, 1.82) is 0 Å². The van der Waals surface area contributed by atoms with Gasteiger partial charge in [-0.1, -0.05) is 6.07 Å². The zero-order valence-corrected chi connectivity index (χ0v) is 18.1. The maximum Gasteiger partial charge on any atom is 0.233 e. The van der Waals surface area contributed by atoms with Crippen molar-refractivity contribution in [2.24, 2.45) is 0 Å². The molecule has 1 fully saturated rings. The topological polar surface area (TPSA) is 90.1 Å². The second-order valence-electron chi connectivity index (χ2n) is 8.43. The van der Waals surface area contributed by atoms with Crippen molar-refractivity contribution in [2.75, 3.05) is 33.3 Å². The van der Waals surface area contributed by atoms with Crippen LogP contribution < -0.4 is 10.1 Å². The quantitative estimate of drug-likeness (QED) is 0.677. The van der Waals surface area contributed by atoms with E-state index in [4.69, 9.17) is 9.72 Å². The van der Waals surface area contributed by atoms with Crippen LogP contribution in [-0.2, 0) is 11.3 Å². The van der Waals surface area contributed by atoms with Crippen LogP contribution in [0.4, 0.5) is 0 Å². The predicted molar refractivity (Wildman–Crippen MR) is 116 cm³/mol. The van der Waals surface area contributed by atoms with Crippen LogP contribution in [0.2, 0.25) is 0 Å². The van der Waals surface area contributed by atoms with Crippen molar-refractivity contribution in [1.82, 2.24) is 34.5 Å². The van der Waals surface area contributed by atoms with E-state index >= 15 is 0 Å². The molecule has 5 rings (SSSR count). The Kier molecular flexibility index (Phi) is 4.97. The maximum absolute atomic E-state index is 11.6. The van der Waals surface area contributed by atoms with E-state index in [1.54, 1.807) is 13.4 Å². The highest BCUT2D eigenvalue weighted by atomic mass is 16.5. The lowest BCUT2D eigenvalue weighted by molar-refractivity contribution is -0.122. The van der Waals surface area contributed by atoms with E-state index in [1.807, 2.05) is 10.9 Å². The molecule has 0 aliphatic carbocycles. The summed E-state index contributed by atoms with van der Waals surface area (Å²) in [6, 6.07) is 6.61. The fraction of sp³-hybridized carbons (Fsp3) is 0.455. The van der Waals surface area contributed by atoms with Crippen molar-refractivity contribution in [3.63, 3.8) is 0 Å². The molecule has 0 spiro atoms. The van der Waals surface area contributed by atoms with E-state index in [2.05, 4.69) is 56.9 Å². The molecule has 2 aliphatic rings. The summed E-state index contributed by atoms with van der Waals surface area (Å²) in [6.45, 7) is 7.71. The number of rotatable bonds is 5. The number of carbonyl (C=O) groups excluding carboxylic acids is 1.